The van der Waals surface area contributed by atoms with Crippen molar-refractivity contribution in [3.8, 4) is 17.3 Å². The van der Waals surface area contributed by atoms with E-state index in [0.29, 0.717) is 34.2 Å². The van der Waals surface area contributed by atoms with Gasteiger partial charge in [-0.1, -0.05) is 22.4 Å². The highest BCUT2D eigenvalue weighted by Crippen LogP contribution is 2.34. The van der Waals surface area contributed by atoms with Crippen molar-refractivity contribution in [1.29, 1.82) is 0 Å². The Morgan fingerprint density at radius 1 is 1.20 bits per heavy atom. The molecule has 1 N–H and O–H groups in total. The number of ether oxygens (including phenoxy) is 1. The molecule has 0 saturated carbocycles. The lowest BCUT2D eigenvalue weighted by Crippen LogP contribution is -2.12. The number of furan rings is 1. The second-order valence-corrected chi connectivity index (χ2v) is 5.32. The summed E-state index contributed by atoms with van der Waals surface area (Å²) in [4.78, 5) is 12.1. The lowest BCUT2D eigenvalue weighted by molar-refractivity contribution is 0.102. The Morgan fingerprint density at radius 3 is 2.84 bits per heavy atom. The third-order valence-corrected chi connectivity index (χ3v) is 3.72. The van der Waals surface area contributed by atoms with Crippen LogP contribution in [0.3, 0.4) is 0 Å². The minimum absolute atomic E-state index is 0.257. The van der Waals surface area contributed by atoms with E-state index >= 15 is 0 Å². The van der Waals surface area contributed by atoms with Crippen molar-refractivity contribution < 1.29 is 23.0 Å². The van der Waals surface area contributed by atoms with Crippen LogP contribution in [-0.2, 0) is 0 Å². The molecule has 0 aliphatic carbocycles. The van der Waals surface area contributed by atoms with Crippen molar-refractivity contribution in [3.63, 3.8) is 0 Å². The summed E-state index contributed by atoms with van der Waals surface area (Å²) in [6, 6.07) is 8.97. The fraction of sp³-hybridized carbons (Fsp3) is 0.118. The van der Waals surface area contributed by atoms with Crippen LogP contribution >= 0.6 is 0 Å². The molecular weight excluding hydrogens is 326 g/mol. The van der Waals surface area contributed by atoms with Gasteiger partial charge in [-0.3, -0.25) is 4.79 Å². The Morgan fingerprint density at radius 2 is 2.08 bits per heavy atom. The van der Waals surface area contributed by atoms with Gasteiger partial charge in [0.15, 0.2) is 22.9 Å². The van der Waals surface area contributed by atoms with E-state index in [0.717, 1.165) is 5.39 Å². The maximum atomic E-state index is 12.1. The molecule has 3 heterocycles. The normalized spacial score (nSPS) is 11.0. The number of carbonyl (C=O) groups is 1. The first-order valence-corrected chi connectivity index (χ1v) is 7.42. The quantitative estimate of drug-likeness (QED) is 0.605. The monoisotopic (exact) mass is 339 g/mol. The lowest BCUT2D eigenvalue weighted by atomic mass is 10.2. The van der Waals surface area contributed by atoms with Crippen LogP contribution in [0.2, 0.25) is 0 Å². The molecular formula is C17H13N3O5. The zero-order chi connectivity index (χ0) is 17.4. The zero-order valence-electron chi connectivity index (χ0n) is 13.4. The van der Waals surface area contributed by atoms with E-state index in [1.807, 2.05) is 24.3 Å². The number of amides is 1. The summed E-state index contributed by atoms with van der Waals surface area (Å²) in [5.41, 5.74) is 0.945. The highest BCUT2D eigenvalue weighted by atomic mass is 16.5. The molecule has 8 nitrogen and oxygen atoms in total. The third-order valence-electron chi connectivity index (χ3n) is 3.72. The lowest BCUT2D eigenvalue weighted by Gasteiger charge is -1.98. The number of anilines is 1. The molecule has 0 bridgehead atoms. The first-order chi connectivity index (χ1) is 12.2. The summed E-state index contributed by atoms with van der Waals surface area (Å²) in [5, 5.41) is 10.9. The van der Waals surface area contributed by atoms with Gasteiger partial charge in [-0.25, -0.2) is 0 Å². The van der Waals surface area contributed by atoms with Crippen LogP contribution in [-0.4, -0.2) is 23.3 Å². The summed E-state index contributed by atoms with van der Waals surface area (Å²) in [6.07, 6.45) is 1.34. The van der Waals surface area contributed by atoms with Gasteiger partial charge in [-0.2, -0.15) is 0 Å². The van der Waals surface area contributed by atoms with E-state index in [1.165, 1.54) is 6.20 Å². The van der Waals surface area contributed by atoms with Crippen LogP contribution in [0.4, 0.5) is 5.82 Å². The van der Waals surface area contributed by atoms with Crippen molar-refractivity contribution >= 4 is 22.7 Å². The molecule has 126 valence electrons. The van der Waals surface area contributed by atoms with Crippen molar-refractivity contribution in [2.24, 2.45) is 0 Å². The molecule has 4 aromatic rings. The smallest absolute Gasteiger partial charge is 0.262 e. The molecule has 4 rings (SSSR count). The molecule has 1 aromatic carbocycles. The maximum absolute atomic E-state index is 12.1. The third kappa shape index (κ3) is 2.63. The Balaban J connectivity index is 1.61. The minimum Gasteiger partial charge on any atom is -0.493 e. The highest BCUT2D eigenvalue weighted by molar-refractivity contribution is 6.04. The number of aromatic nitrogens is 2. The van der Waals surface area contributed by atoms with Crippen molar-refractivity contribution in [1.82, 2.24) is 10.3 Å². The minimum atomic E-state index is -0.384. The number of hydrogen-bond acceptors (Lipinski definition) is 7. The first-order valence-electron chi connectivity index (χ1n) is 7.42. The summed E-state index contributed by atoms with van der Waals surface area (Å²) in [5.74, 6) is 1.78. The fourth-order valence-electron chi connectivity index (χ4n) is 2.47. The highest BCUT2D eigenvalue weighted by Gasteiger charge is 2.18. The molecule has 0 saturated heterocycles. The van der Waals surface area contributed by atoms with Gasteiger partial charge in [0.1, 0.15) is 11.3 Å². The zero-order valence-corrected chi connectivity index (χ0v) is 13.4. The summed E-state index contributed by atoms with van der Waals surface area (Å²) < 4.78 is 21.2. The molecule has 1 amide bonds. The Hall–Kier alpha value is -3.55. The number of rotatable bonds is 4. The molecule has 8 heteroatoms. The number of carbonyl (C=O) groups excluding carboxylic acids is 1. The van der Waals surface area contributed by atoms with Crippen molar-refractivity contribution in [2.45, 2.75) is 6.92 Å². The number of benzene rings is 1. The van der Waals surface area contributed by atoms with E-state index in [2.05, 4.69) is 15.6 Å². The van der Waals surface area contributed by atoms with E-state index < -0.39 is 0 Å². The second kappa shape index (κ2) is 5.82. The van der Waals surface area contributed by atoms with E-state index in [4.69, 9.17) is 18.2 Å². The summed E-state index contributed by atoms with van der Waals surface area (Å²) in [7, 11) is 1.58. The average Bonchev–Trinajstić information content (AvgIpc) is 3.32. The van der Waals surface area contributed by atoms with E-state index in [9.17, 15) is 4.79 Å². The van der Waals surface area contributed by atoms with E-state index in [-0.39, 0.29) is 11.7 Å². The van der Waals surface area contributed by atoms with E-state index in [1.54, 1.807) is 20.1 Å². The van der Waals surface area contributed by atoms with Crippen LogP contribution < -0.4 is 10.1 Å². The van der Waals surface area contributed by atoms with Gasteiger partial charge >= 0.3 is 0 Å². The molecule has 25 heavy (non-hydrogen) atoms. The predicted octanol–water partition coefficient (Wildman–Crippen LogP) is 3.65. The number of fused-ring (bicyclic) bond motifs is 1. The molecule has 0 fully saturated rings. The van der Waals surface area contributed by atoms with Crippen LogP contribution in [0.25, 0.3) is 22.5 Å². The summed E-state index contributed by atoms with van der Waals surface area (Å²) in [6.45, 7) is 1.65. The number of para-hydroxylation sites is 1. The van der Waals surface area contributed by atoms with Gasteiger partial charge in [-0.05, 0) is 19.1 Å². The summed E-state index contributed by atoms with van der Waals surface area (Å²) >= 11 is 0. The Bertz CT molecular complexity index is 1060. The van der Waals surface area contributed by atoms with Gasteiger partial charge in [-0.15, -0.1) is 0 Å². The molecule has 0 radical (unpaired) electrons. The average molecular weight is 339 g/mol. The van der Waals surface area contributed by atoms with Gasteiger partial charge in [0.05, 0.1) is 13.3 Å². The number of nitrogens with zero attached hydrogens (tertiary/aromatic N) is 2. The van der Waals surface area contributed by atoms with Crippen LogP contribution in [0.5, 0.6) is 5.75 Å². The van der Waals surface area contributed by atoms with Gasteiger partial charge in [0.25, 0.3) is 5.91 Å². The SMILES string of the molecule is COc1cccc2cc(-c3cc(NC(=O)c4cnoc4C)no3)oc12. The molecule has 0 aliphatic rings. The fourth-order valence-corrected chi connectivity index (χ4v) is 2.47. The van der Waals surface area contributed by atoms with Gasteiger partial charge in [0, 0.05) is 11.5 Å². The molecule has 0 aliphatic heterocycles. The van der Waals surface area contributed by atoms with Gasteiger partial charge < -0.3 is 23.5 Å². The molecule has 0 spiro atoms. The number of nitrogens with one attached hydrogen (secondary N) is 1. The van der Waals surface area contributed by atoms with Crippen molar-refractivity contribution in [3.05, 3.63) is 47.9 Å². The largest absolute Gasteiger partial charge is 0.493 e. The standard InChI is InChI=1S/C17H13N3O5/c1-9-11(8-18-24-9)17(21)19-15-7-14(25-20-15)13-6-10-4-3-5-12(22-2)16(10)23-13/h3-8H,1-2H3,(H,19,20,21). The Kier molecular flexibility index (Phi) is 3.50. The Labute approximate surface area is 141 Å². The molecule has 0 atom stereocenters. The second-order valence-electron chi connectivity index (χ2n) is 5.32. The number of hydrogen-bond donors (Lipinski definition) is 1. The van der Waals surface area contributed by atoms with Gasteiger partial charge in [0.2, 0.25) is 5.76 Å². The maximum Gasteiger partial charge on any atom is 0.262 e. The molecule has 3 aromatic heterocycles. The van der Waals surface area contributed by atoms with Crippen LogP contribution in [0.15, 0.2) is 50.0 Å². The predicted molar refractivity (Wildman–Crippen MR) is 87.5 cm³/mol. The number of methoxy groups -OCH3 is 1. The molecule has 0 unspecified atom stereocenters. The number of aryl methyl sites for hydroxylation is 1. The first kappa shape index (κ1) is 15.0. The van der Waals surface area contributed by atoms with Crippen LogP contribution in [0.1, 0.15) is 16.1 Å². The van der Waals surface area contributed by atoms with Crippen molar-refractivity contribution in [2.75, 3.05) is 12.4 Å². The van der Waals surface area contributed by atoms with Crippen LogP contribution in [0, 0.1) is 6.92 Å². The topological polar surface area (TPSA) is 104 Å².